The highest BCUT2D eigenvalue weighted by Crippen LogP contribution is 2.26. The number of rotatable bonds is 7. The van der Waals surface area contributed by atoms with Gasteiger partial charge in [0.15, 0.2) is 0 Å². The summed E-state index contributed by atoms with van der Waals surface area (Å²) in [5, 5.41) is 3.05. The van der Waals surface area contributed by atoms with Crippen molar-refractivity contribution in [2.45, 2.75) is 25.4 Å². The number of nitrogens with zero attached hydrogens (tertiary/aromatic N) is 1. The highest BCUT2D eigenvalue weighted by atomic mass is 32.1. The third kappa shape index (κ3) is 5.14. The van der Waals surface area contributed by atoms with Gasteiger partial charge in [-0.1, -0.05) is 30.3 Å². The maximum atomic E-state index is 12.2. The van der Waals surface area contributed by atoms with Gasteiger partial charge in [0.1, 0.15) is 0 Å². The number of thiophene rings is 1. The smallest absolute Gasteiger partial charge is 0.261 e. The van der Waals surface area contributed by atoms with Crippen molar-refractivity contribution in [3.8, 4) is 0 Å². The molecule has 3 rings (SSSR count). The second-order valence-electron chi connectivity index (χ2n) is 6.51. The molecule has 0 spiro atoms. The summed E-state index contributed by atoms with van der Waals surface area (Å²) in [7, 11) is 1.67. The number of carbonyl (C=O) groups is 1. The Bertz CT molecular complexity index is 671. The van der Waals surface area contributed by atoms with Crippen molar-refractivity contribution in [2.75, 3.05) is 33.3 Å². The molecule has 1 amide bonds. The molecule has 2 aromatic rings. The van der Waals surface area contributed by atoms with Gasteiger partial charge in [-0.2, -0.15) is 0 Å². The molecule has 1 aliphatic heterocycles. The van der Waals surface area contributed by atoms with E-state index < -0.39 is 0 Å². The van der Waals surface area contributed by atoms with Crippen molar-refractivity contribution in [3.05, 3.63) is 57.8 Å². The molecule has 1 fully saturated rings. The molecule has 0 saturated carbocycles. The summed E-state index contributed by atoms with van der Waals surface area (Å²) in [5.74, 6) is 0.628. The van der Waals surface area contributed by atoms with Crippen LogP contribution in [0.5, 0.6) is 0 Å². The van der Waals surface area contributed by atoms with Gasteiger partial charge in [0, 0.05) is 31.6 Å². The van der Waals surface area contributed by atoms with Crippen LogP contribution in [0.4, 0.5) is 0 Å². The van der Waals surface area contributed by atoms with Crippen LogP contribution in [0.3, 0.4) is 0 Å². The van der Waals surface area contributed by atoms with E-state index >= 15 is 0 Å². The molecule has 1 N–H and O–H groups in total. The van der Waals surface area contributed by atoms with Gasteiger partial charge in [-0.25, -0.2) is 0 Å². The van der Waals surface area contributed by atoms with Crippen LogP contribution in [0.1, 0.15) is 38.9 Å². The molecule has 1 atom stereocenters. The number of likely N-dealkylation sites (tertiary alicyclic amines) is 1. The van der Waals surface area contributed by atoms with E-state index in [0.717, 1.165) is 29.4 Å². The Labute approximate surface area is 153 Å². The molecular formula is C20H26N2O2S. The SMILES string of the molecule is COCc1ccc(C(=O)NCCN2CCCC(c3ccccc3)C2)s1. The van der Waals surface area contributed by atoms with Crippen molar-refractivity contribution in [1.29, 1.82) is 0 Å². The first-order valence-electron chi connectivity index (χ1n) is 8.89. The molecule has 1 saturated heterocycles. The Balaban J connectivity index is 1.44. The van der Waals surface area contributed by atoms with E-state index in [9.17, 15) is 4.79 Å². The van der Waals surface area contributed by atoms with Crippen molar-refractivity contribution in [3.63, 3.8) is 0 Å². The summed E-state index contributed by atoms with van der Waals surface area (Å²) in [5.41, 5.74) is 1.43. The maximum absolute atomic E-state index is 12.2. The van der Waals surface area contributed by atoms with E-state index in [1.165, 1.54) is 29.7 Å². The summed E-state index contributed by atoms with van der Waals surface area (Å²) in [6.07, 6.45) is 2.48. The number of methoxy groups -OCH3 is 1. The predicted octanol–water partition coefficient (Wildman–Crippen LogP) is 3.50. The first-order chi connectivity index (χ1) is 12.3. The lowest BCUT2D eigenvalue weighted by Gasteiger charge is -2.33. The number of amides is 1. The maximum Gasteiger partial charge on any atom is 0.261 e. The topological polar surface area (TPSA) is 41.6 Å². The van der Waals surface area contributed by atoms with Crippen molar-refractivity contribution >= 4 is 17.2 Å². The molecule has 25 heavy (non-hydrogen) atoms. The highest BCUT2D eigenvalue weighted by molar-refractivity contribution is 7.14. The van der Waals surface area contributed by atoms with Gasteiger partial charge in [-0.3, -0.25) is 4.79 Å². The van der Waals surface area contributed by atoms with Crippen molar-refractivity contribution in [1.82, 2.24) is 10.2 Å². The monoisotopic (exact) mass is 358 g/mol. The molecule has 1 aromatic carbocycles. The summed E-state index contributed by atoms with van der Waals surface area (Å²) < 4.78 is 5.10. The normalized spacial score (nSPS) is 18.2. The Kier molecular flexibility index (Phi) is 6.62. The van der Waals surface area contributed by atoms with Crippen LogP contribution in [0, 0.1) is 0 Å². The number of piperidine rings is 1. The van der Waals surface area contributed by atoms with Crippen LogP contribution >= 0.6 is 11.3 Å². The molecule has 1 aromatic heterocycles. The van der Waals surface area contributed by atoms with Gasteiger partial charge < -0.3 is 15.0 Å². The fourth-order valence-corrected chi connectivity index (χ4v) is 4.29. The van der Waals surface area contributed by atoms with Crippen LogP contribution in [0.2, 0.25) is 0 Å². The third-order valence-corrected chi connectivity index (χ3v) is 5.72. The Hall–Kier alpha value is -1.69. The fourth-order valence-electron chi connectivity index (χ4n) is 3.39. The molecule has 1 aliphatic rings. The molecule has 5 heteroatoms. The predicted molar refractivity (Wildman–Crippen MR) is 102 cm³/mol. The second kappa shape index (κ2) is 9.13. The van der Waals surface area contributed by atoms with E-state index in [-0.39, 0.29) is 5.91 Å². The van der Waals surface area contributed by atoms with Crippen molar-refractivity contribution in [2.24, 2.45) is 0 Å². The fraction of sp³-hybridized carbons (Fsp3) is 0.450. The molecule has 4 nitrogen and oxygen atoms in total. The van der Waals surface area contributed by atoms with E-state index in [2.05, 4.69) is 40.5 Å². The summed E-state index contributed by atoms with van der Waals surface area (Å²) in [4.78, 5) is 16.5. The van der Waals surface area contributed by atoms with Gasteiger partial charge in [-0.15, -0.1) is 11.3 Å². The van der Waals surface area contributed by atoms with Crippen LogP contribution in [0.15, 0.2) is 42.5 Å². The van der Waals surface area contributed by atoms with E-state index in [0.29, 0.717) is 19.1 Å². The number of hydrogen-bond acceptors (Lipinski definition) is 4. The minimum atomic E-state index is 0.0176. The zero-order chi connectivity index (χ0) is 17.5. The zero-order valence-corrected chi connectivity index (χ0v) is 15.6. The number of carbonyl (C=O) groups excluding carboxylic acids is 1. The van der Waals surface area contributed by atoms with Gasteiger partial charge >= 0.3 is 0 Å². The molecule has 1 unspecified atom stereocenters. The molecule has 0 bridgehead atoms. The van der Waals surface area contributed by atoms with Crippen molar-refractivity contribution < 1.29 is 9.53 Å². The molecule has 0 radical (unpaired) electrons. The number of ether oxygens (including phenoxy) is 1. The molecule has 0 aliphatic carbocycles. The van der Waals surface area contributed by atoms with Crippen LogP contribution in [-0.2, 0) is 11.3 Å². The standard InChI is InChI=1S/C20H26N2O2S/c1-24-15-18-9-10-19(25-18)20(23)21-11-13-22-12-5-8-17(14-22)16-6-3-2-4-7-16/h2-4,6-7,9-10,17H,5,8,11-15H2,1H3,(H,21,23). The molecule has 134 valence electrons. The van der Waals surface area contributed by atoms with E-state index in [1.54, 1.807) is 7.11 Å². The highest BCUT2D eigenvalue weighted by Gasteiger charge is 2.21. The Morgan fingerprint density at radius 3 is 2.92 bits per heavy atom. The van der Waals surface area contributed by atoms with Crippen LogP contribution in [-0.4, -0.2) is 44.1 Å². The van der Waals surface area contributed by atoms with E-state index in [1.807, 2.05) is 12.1 Å². The van der Waals surface area contributed by atoms with Crippen LogP contribution in [0.25, 0.3) is 0 Å². The molecular weight excluding hydrogens is 332 g/mol. The first-order valence-corrected chi connectivity index (χ1v) is 9.71. The second-order valence-corrected chi connectivity index (χ2v) is 7.67. The van der Waals surface area contributed by atoms with Gasteiger partial charge in [0.25, 0.3) is 5.91 Å². The lowest BCUT2D eigenvalue weighted by atomic mass is 9.91. The summed E-state index contributed by atoms with van der Waals surface area (Å²) >= 11 is 1.50. The number of nitrogens with one attached hydrogen (secondary N) is 1. The van der Waals surface area contributed by atoms with Gasteiger partial charge in [-0.05, 0) is 43.0 Å². The van der Waals surface area contributed by atoms with Crippen LogP contribution < -0.4 is 5.32 Å². The Morgan fingerprint density at radius 1 is 1.28 bits per heavy atom. The van der Waals surface area contributed by atoms with E-state index in [4.69, 9.17) is 4.74 Å². The summed E-state index contributed by atoms with van der Waals surface area (Å²) in [6, 6.07) is 14.6. The lowest BCUT2D eigenvalue weighted by Crippen LogP contribution is -2.40. The largest absolute Gasteiger partial charge is 0.379 e. The lowest BCUT2D eigenvalue weighted by molar-refractivity contribution is 0.0949. The third-order valence-electron chi connectivity index (χ3n) is 4.66. The number of hydrogen-bond donors (Lipinski definition) is 1. The quantitative estimate of drug-likeness (QED) is 0.824. The average Bonchev–Trinajstić information content (AvgIpc) is 3.12. The minimum absolute atomic E-state index is 0.0176. The molecule has 2 heterocycles. The average molecular weight is 359 g/mol. The van der Waals surface area contributed by atoms with Gasteiger partial charge in [0.05, 0.1) is 11.5 Å². The van der Waals surface area contributed by atoms with Gasteiger partial charge in [0.2, 0.25) is 0 Å². The Morgan fingerprint density at radius 2 is 2.12 bits per heavy atom. The summed E-state index contributed by atoms with van der Waals surface area (Å²) in [6.45, 7) is 4.36. The zero-order valence-electron chi connectivity index (χ0n) is 14.7. The first kappa shape index (κ1) is 18.1. The number of benzene rings is 1. The minimum Gasteiger partial charge on any atom is -0.379 e.